The predicted molar refractivity (Wildman–Crippen MR) is 190 cm³/mol. The number of ether oxygens (including phenoxy) is 3. The fourth-order valence-corrected chi connectivity index (χ4v) is 6.51. The number of benzene rings is 4. The molecule has 48 heavy (non-hydrogen) atoms. The Labute approximate surface area is 286 Å². The van der Waals surface area contributed by atoms with Crippen LogP contribution in [0.1, 0.15) is 22.3 Å². The van der Waals surface area contributed by atoms with Crippen LogP contribution in [-0.2, 0) is 29.2 Å². The summed E-state index contributed by atoms with van der Waals surface area (Å²) in [4.78, 5) is 9.64. The molecule has 2 saturated heterocycles. The minimum atomic E-state index is 0.425. The van der Waals surface area contributed by atoms with Crippen molar-refractivity contribution in [2.45, 2.75) is 19.7 Å². The van der Waals surface area contributed by atoms with Crippen LogP contribution in [0.15, 0.2) is 91.1 Å². The highest BCUT2D eigenvalue weighted by molar-refractivity contribution is 6.32. The molecule has 0 unspecified atom stereocenters. The van der Waals surface area contributed by atoms with E-state index in [2.05, 4.69) is 56.5 Å². The van der Waals surface area contributed by atoms with Crippen LogP contribution in [0.4, 0.5) is 11.4 Å². The van der Waals surface area contributed by atoms with E-state index in [1.54, 1.807) is 6.20 Å². The highest BCUT2D eigenvalue weighted by atomic mass is 35.5. The standard InChI is InChI=1S/C39H38ClN5O3/c40-36-22-34(9-11-38(36)48-27-28-4-2-1-3-5-28)43-39-33(23-41)24-42-37-21-30(8-10-35(37)39)29-6-7-31(25-44-12-16-46-17-13-44)32(20-29)26-45-14-18-47-19-15-45/h1-11,20-22,24H,12-19,25-27H2,(H,42,43). The number of anilines is 2. The molecule has 244 valence electrons. The van der Waals surface area contributed by atoms with Gasteiger partial charge < -0.3 is 19.5 Å². The van der Waals surface area contributed by atoms with Gasteiger partial charge in [0.05, 0.1) is 48.2 Å². The van der Waals surface area contributed by atoms with Crippen molar-refractivity contribution in [3.05, 3.63) is 118 Å². The van der Waals surface area contributed by atoms with Gasteiger partial charge in [0.1, 0.15) is 18.4 Å². The molecule has 0 bridgehead atoms. The number of hydrogen-bond donors (Lipinski definition) is 1. The zero-order valence-corrected chi connectivity index (χ0v) is 27.6. The Morgan fingerprint density at radius 3 is 2.19 bits per heavy atom. The molecule has 2 aliphatic rings. The summed E-state index contributed by atoms with van der Waals surface area (Å²) in [6.45, 7) is 9.12. The van der Waals surface area contributed by atoms with Crippen LogP contribution in [0, 0.1) is 11.3 Å². The molecule has 1 N–H and O–H groups in total. The zero-order chi connectivity index (χ0) is 32.7. The van der Waals surface area contributed by atoms with Gasteiger partial charge in [0.25, 0.3) is 0 Å². The highest BCUT2D eigenvalue weighted by Crippen LogP contribution is 2.35. The van der Waals surface area contributed by atoms with E-state index in [0.29, 0.717) is 28.6 Å². The van der Waals surface area contributed by atoms with Gasteiger partial charge in [-0.2, -0.15) is 5.26 Å². The fourth-order valence-electron chi connectivity index (χ4n) is 6.28. The molecular weight excluding hydrogens is 622 g/mol. The van der Waals surface area contributed by atoms with E-state index in [9.17, 15) is 5.26 Å². The lowest BCUT2D eigenvalue weighted by atomic mass is 9.96. The number of fused-ring (bicyclic) bond motifs is 1. The molecule has 0 atom stereocenters. The van der Waals surface area contributed by atoms with Crippen molar-refractivity contribution in [3.63, 3.8) is 0 Å². The second kappa shape index (κ2) is 15.2. The molecule has 0 spiro atoms. The first-order valence-corrected chi connectivity index (χ1v) is 16.8. The van der Waals surface area contributed by atoms with Gasteiger partial charge in [-0.15, -0.1) is 0 Å². The van der Waals surface area contributed by atoms with Crippen LogP contribution in [-0.4, -0.2) is 67.4 Å². The summed E-state index contributed by atoms with van der Waals surface area (Å²) in [6, 6.07) is 30.9. The molecule has 9 heteroatoms. The van der Waals surface area contributed by atoms with E-state index in [4.69, 9.17) is 25.8 Å². The molecule has 0 aliphatic carbocycles. The summed E-state index contributed by atoms with van der Waals surface area (Å²) >= 11 is 6.62. The average Bonchev–Trinajstić information content (AvgIpc) is 3.13. The summed E-state index contributed by atoms with van der Waals surface area (Å²) in [6.07, 6.45) is 1.63. The molecule has 1 aromatic heterocycles. The third kappa shape index (κ3) is 7.63. The number of nitriles is 1. The minimum absolute atomic E-state index is 0.425. The molecule has 7 rings (SSSR count). The maximum Gasteiger partial charge on any atom is 0.138 e. The maximum absolute atomic E-state index is 9.98. The van der Waals surface area contributed by atoms with Gasteiger partial charge in [-0.3, -0.25) is 14.8 Å². The van der Waals surface area contributed by atoms with E-state index in [-0.39, 0.29) is 0 Å². The number of nitrogens with zero attached hydrogens (tertiary/aromatic N) is 4. The van der Waals surface area contributed by atoms with Crippen molar-refractivity contribution in [1.29, 1.82) is 5.26 Å². The predicted octanol–water partition coefficient (Wildman–Crippen LogP) is 7.41. The monoisotopic (exact) mass is 659 g/mol. The minimum Gasteiger partial charge on any atom is -0.487 e. The molecule has 0 saturated carbocycles. The number of pyridine rings is 1. The second-order valence-electron chi connectivity index (χ2n) is 12.2. The van der Waals surface area contributed by atoms with Gasteiger partial charge in [-0.25, -0.2) is 0 Å². The van der Waals surface area contributed by atoms with Crippen molar-refractivity contribution in [2.24, 2.45) is 0 Å². The van der Waals surface area contributed by atoms with E-state index in [0.717, 1.165) is 99.0 Å². The SMILES string of the molecule is N#Cc1cnc2cc(-c3ccc(CN4CCOCC4)c(CN4CCOCC4)c3)ccc2c1Nc1ccc(OCc2ccccc2)c(Cl)c1. The Bertz CT molecular complexity index is 1920. The van der Waals surface area contributed by atoms with Crippen LogP contribution >= 0.6 is 11.6 Å². The van der Waals surface area contributed by atoms with Crippen LogP contribution in [0.2, 0.25) is 5.02 Å². The van der Waals surface area contributed by atoms with Gasteiger partial charge in [-0.1, -0.05) is 66.2 Å². The van der Waals surface area contributed by atoms with Crippen LogP contribution < -0.4 is 10.1 Å². The molecule has 4 aromatic carbocycles. The summed E-state index contributed by atoms with van der Waals surface area (Å²) in [5.41, 5.74) is 8.68. The topological polar surface area (TPSA) is 82.9 Å². The Morgan fingerprint density at radius 2 is 1.48 bits per heavy atom. The third-order valence-corrected chi connectivity index (χ3v) is 9.26. The largest absolute Gasteiger partial charge is 0.487 e. The van der Waals surface area contributed by atoms with Crippen molar-refractivity contribution >= 4 is 33.9 Å². The third-order valence-electron chi connectivity index (χ3n) is 8.96. The Kier molecular flexibility index (Phi) is 10.1. The summed E-state index contributed by atoms with van der Waals surface area (Å²) in [5, 5.41) is 14.8. The van der Waals surface area contributed by atoms with Crippen molar-refractivity contribution in [3.8, 4) is 22.9 Å². The van der Waals surface area contributed by atoms with Gasteiger partial charge >= 0.3 is 0 Å². The Morgan fingerprint density at radius 1 is 0.792 bits per heavy atom. The molecular formula is C39H38ClN5O3. The van der Waals surface area contributed by atoms with E-state index in [1.807, 2.05) is 54.6 Å². The molecule has 0 amide bonds. The first-order valence-electron chi connectivity index (χ1n) is 16.4. The number of rotatable bonds is 10. The van der Waals surface area contributed by atoms with Gasteiger partial charge in [0.2, 0.25) is 0 Å². The van der Waals surface area contributed by atoms with Crippen LogP contribution in [0.3, 0.4) is 0 Å². The second-order valence-corrected chi connectivity index (χ2v) is 12.6. The molecule has 8 nitrogen and oxygen atoms in total. The zero-order valence-electron chi connectivity index (χ0n) is 26.8. The molecule has 3 heterocycles. The van der Waals surface area contributed by atoms with Crippen molar-refractivity contribution in [2.75, 3.05) is 57.9 Å². The normalized spacial score (nSPS) is 15.7. The molecule has 0 radical (unpaired) electrons. The Balaban J connectivity index is 1.15. The van der Waals surface area contributed by atoms with Crippen molar-refractivity contribution < 1.29 is 14.2 Å². The molecule has 2 aliphatic heterocycles. The van der Waals surface area contributed by atoms with Gasteiger partial charge in [0.15, 0.2) is 0 Å². The smallest absolute Gasteiger partial charge is 0.138 e. The van der Waals surface area contributed by atoms with Gasteiger partial charge in [0, 0.05) is 56.5 Å². The van der Waals surface area contributed by atoms with Crippen LogP contribution in [0.25, 0.3) is 22.0 Å². The van der Waals surface area contributed by atoms with Gasteiger partial charge in [-0.05, 0) is 58.1 Å². The number of nitrogens with one attached hydrogen (secondary N) is 1. The van der Waals surface area contributed by atoms with E-state index >= 15 is 0 Å². The number of aromatic nitrogens is 1. The lowest BCUT2D eigenvalue weighted by Gasteiger charge is -2.30. The van der Waals surface area contributed by atoms with E-state index in [1.165, 1.54) is 11.1 Å². The highest BCUT2D eigenvalue weighted by Gasteiger charge is 2.18. The lowest BCUT2D eigenvalue weighted by molar-refractivity contribution is 0.0309. The quantitative estimate of drug-likeness (QED) is 0.166. The average molecular weight is 660 g/mol. The molecule has 5 aromatic rings. The van der Waals surface area contributed by atoms with E-state index < -0.39 is 0 Å². The number of halogens is 1. The lowest BCUT2D eigenvalue weighted by Crippen LogP contribution is -2.37. The number of hydrogen-bond acceptors (Lipinski definition) is 8. The van der Waals surface area contributed by atoms with Crippen molar-refractivity contribution in [1.82, 2.24) is 14.8 Å². The van der Waals surface area contributed by atoms with Crippen LogP contribution in [0.5, 0.6) is 5.75 Å². The fraction of sp³-hybridized carbons (Fsp3) is 0.282. The summed E-state index contributed by atoms with van der Waals surface area (Å²) in [5.74, 6) is 0.597. The maximum atomic E-state index is 9.98. The first-order chi connectivity index (χ1) is 23.6. The Hall–Kier alpha value is -4.49. The molecule has 2 fully saturated rings. The number of morpholine rings is 2. The summed E-state index contributed by atoms with van der Waals surface area (Å²) < 4.78 is 17.2. The first kappa shape index (κ1) is 32.1. The summed E-state index contributed by atoms with van der Waals surface area (Å²) in [7, 11) is 0.